The third-order valence-electron chi connectivity index (χ3n) is 2.17. The second-order valence-electron chi connectivity index (χ2n) is 3.56. The van der Waals surface area contributed by atoms with Crippen LogP contribution in [0.4, 0.5) is 0 Å². The van der Waals surface area contributed by atoms with Crippen molar-refractivity contribution in [2.75, 3.05) is 63.9 Å². The average molecular weight is 360 g/mol. The normalized spacial score (nSPS) is 27.0. The highest BCUT2D eigenvalue weighted by Crippen LogP contribution is 1.99. The van der Waals surface area contributed by atoms with E-state index in [0.717, 1.165) is 4.43 Å². The Morgan fingerprint density at radius 1 is 0.706 bits per heavy atom. The number of hydrogen-bond acceptors (Lipinski definition) is 5. The summed E-state index contributed by atoms with van der Waals surface area (Å²) in [6.45, 7) is 5.46. The maximum absolute atomic E-state index is 5.63. The van der Waals surface area contributed by atoms with Crippen LogP contribution in [0.25, 0.3) is 0 Å². The zero-order valence-corrected chi connectivity index (χ0v) is 12.2. The van der Waals surface area contributed by atoms with Gasteiger partial charge >= 0.3 is 0 Å². The summed E-state index contributed by atoms with van der Waals surface area (Å²) in [5.74, 6) is 0. The maximum atomic E-state index is 5.63. The molecule has 1 heterocycles. The first-order valence-electron chi connectivity index (χ1n) is 5.92. The van der Waals surface area contributed by atoms with Gasteiger partial charge in [0, 0.05) is 4.43 Å². The van der Waals surface area contributed by atoms with Crippen LogP contribution in [0.3, 0.4) is 0 Å². The van der Waals surface area contributed by atoms with Gasteiger partial charge in [-0.15, -0.1) is 0 Å². The Morgan fingerprint density at radius 3 is 1.71 bits per heavy atom. The summed E-state index contributed by atoms with van der Waals surface area (Å²) in [6, 6.07) is 0. The molecule has 0 radical (unpaired) electrons. The fourth-order valence-corrected chi connectivity index (χ4v) is 1.79. The van der Waals surface area contributed by atoms with Gasteiger partial charge in [-0.2, -0.15) is 0 Å². The predicted molar refractivity (Wildman–Crippen MR) is 71.9 cm³/mol. The highest BCUT2D eigenvalue weighted by Gasteiger charge is 2.07. The van der Waals surface area contributed by atoms with Crippen molar-refractivity contribution in [1.29, 1.82) is 0 Å². The molecule has 0 aromatic heterocycles. The molecule has 0 spiro atoms. The third-order valence-corrected chi connectivity index (χ3v) is 3.16. The summed E-state index contributed by atoms with van der Waals surface area (Å²) >= 11 is 2.30. The lowest BCUT2D eigenvalue weighted by molar-refractivity contribution is -0.0348. The quantitative estimate of drug-likeness (QED) is 0.514. The highest BCUT2D eigenvalue weighted by atomic mass is 127. The topological polar surface area (TPSA) is 46.2 Å². The molecule has 0 saturated carbocycles. The standard InChI is InChI=1S/C11H21IO5/c12-9-11-10-16-6-5-14-2-1-13-3-4-15-7-8-17-11/h11H,1-10H2. The van der Waals surface area contributed by atoms with E-state index in [0.29, 0.717) is 59.5 Å². The molecule has 17 heavy (non-hydrogen) atoms. The van der Waals surface area contributed by atoms with Crippen molar-refractivity contribution in [1.82, 2.24) is 0 Å². The van der Waals surface area contributed by atoms with E-state index in [2.05, 4.69) is 22.6 Å². The van der Waals surface area contributed by atoms with Gasteiger partial charge in [-0.3, -0.25) is 0 Å². The van der Waals surface area contributed by atoms with Crippen molar-refractivity contribution in [3.8, 4) is 0 Å². The highest BCUT2D eigenvalue weighted by molar-refractivity contribution is 14.1. The lowest BCUT2D eigenvalue weighted by atomic mass is 10.4. The van der Waals surface area contributed by atoms with E-state index in [1.807, 2.05) is 0 Å². The summed E-state index contributed by atoms with van der Waals surface area (Å²) in [7, 11) is 0. The second kappa shape index (κ2) is 11.6. The largest absolute Gasteiger partial charge is 0.377 e. The summed E-state index contributed by atoms with van der Waals surface area (Å²) in [5, 5.41) is 0. The van der Waals surface area contributed by atoms with E-state index in [-0.39, 0.29) is 6.10 Å². The Kier molecular flexibility index (Phi) is 10.6. The van der Waals surface area contributed by atoms with Crippen molar-refractivity contribution < 1.29 is 23.7 Å². The Morgan fingerprint density at radius 2 is 1.18 bits per heavy atom. The molecule has 0 amide bonds. The Hall–Kier alpha value is 0.530. The Balaban J connectivity index is 2.16. The van der Waals surface area contributed by atoms with Crippen LogP contribution in [0.2, 0.25) is 0 Å². The van der Waals surface area contributed by atoms with Gasteiger partial charge in [-0.25, -0.2) is 0 Å². The van der Waals surface area contributed by atoms with Gasteiger partial charge in [0.15, 0.2) is 0 Å². The van der Waals surface area contributed by atoms with E-state index >= 15 is 0 Å². The molecule has 1 fully saturated rings. The summed E-state index contributed by atoms with van der Waals surface area (Å²) in [4.78, 5) is 0. The molecule has 6 heteroatoms. The molecular weight excluding hydrogens is 339 g/mol. The molecule has 1 saturated heterocycles. The van der Waals surface area contributed by atoms with Gasteiger partial charge in [0.25, 0.3) is 0 Å². The lowest BCUT2D eigenvalue weighted by Crippen LogP contribution is -2.24. The minimum Gasteiger partial charge on any atom is -0.377 e. The number of ether oxygens (including phenoxy) is 5. The number of halogens is 1. The van der Waals surface area contributed by atoms with Crippen molar-refractivity contribution in [3.63, 3.8) is 0 Å². The van der Waals surface area contributed by atoms with Gasteiger partial charge < -0.3 is 23.7 Å². The molecule has 102 valence electrons. The lowest BCUT2D eigenvalue weighted by Gasteiger charge is -2.15. The molecule has 5 nitrogen and oxygen atoms in total. The molecule has 1 unspecified atom stereocenters. The molecule has 0 aromatic rings. The minimum atomic E-state index is 0.139. The molecule has 0 aromatic carbocycles. The SMILES string of the molecule is ICC1COCCOCCOCCOCCO1. The van der Waals surface area contributed by atoms with E-state index < -0.39 is 0 Å². The van der Waals surface area contributed by atoms with Crippen LogP contribution in [-0.2, 0) is 23.7 Å². The predicted octanol–water partition coefficient (Wildman–Crippen LogP) is 0.887. The van der Waals surface area contributed by atoms with Crippen molar-refractivity contribution >= 4 is 22.6 Å². The molecule has 0 N–H and O–H groups in total. The van der Waals surface area contributed by atoms with E-state index in [1.54, 1.807) is 0 Å². The molecule has 0 bridgehead atoms. The molecular formula is C11H21IO5. The van der Waals surface area contributed by atoms with Gasteiger partial charge in [0.1, 0.15) is 0 Å². The van der Waals surface area contributed by atoms with Crippen LogP contribution in [0, 0.1) is 0 Å². The van der Waals surface area contributed by atoms with Crippen molar-refractivity contribution in [2.45, 2.75) is 6.10 Å². The first-order valence-corrected chi connectivity index (χ1v) is 7.44. The van der Waals surface area contributed by atoms with Gasteiger partial charge in [-0.1, -0.05) is 22.6 Å². The fourth-order valence-electron chi connectivity index (χ4n) is 1.29. The van der Waals surface area contributed by atoms with Gasteiger partial charge in [-0.05, 0) is 0 Å². The first-order chi connectivity index (χ1) is 8.43. The van der Waals surface area contributed by atoms with Crippen LogP contribution >= 0.6 is 22.6 Å². The summed E-state index contributed by atoms with van der Waals surface area (Å²) in [5.41, 5.74) is 0. The van der Waals surface area contributed by atoms with Crippen LogP contribution < -0.4 is 0 Å². The third kappa shape index (κ3) is 9.15. The minimum absolute atomic E-state index is 0.139. The zero-order valence-electron chi connectivity index (χ0n) is 10.1. The number of hydrogen-bond donors (Lipinski definition) is 0. The Bertz CT molecular complexity index is 154. The van der Waals surface area contributed by atoms with Crippen LogP contribution in [-0.4, -0.2) is 70.0 Å². The fraction of sp³-hybridized carbons (Fsp3) is 1.00. The summed E-state index contributed by atoms with van der Waals surface area (Å²) < 4.78 is 28.1. The van der Waals surface area contributed by atoms with Crippen LogP contribution in [0.15, 0.2) is 0 Å². The molecule has 0 aliphatic carbocycles. The van der Waals surface area contributed by atoms with E-state index in [9.17, 15) is 0 Å². The van der Waals surface area contributed by atoms with Crippen LogP contribution in [0.1, 0.15) is 0 Å². The molecule has 1 aliphatic rings. The van der Waals surface area contributed by atoms with Crippen molar-refractivity contribution in [2.24, 2.45) is 0 Å². The molecule has 1 atom stereocenters. The van der Waals surface area contributed by atoms with E-state index in [4.69, 9.17) is 23.7 Å². The van der Waals surface area contributed by atoms with Crippen LogP contribution in [0.5, 0.6) is 0 Å². The monoisotopic (exact) mass is 360 g/mol. The van der Waals surface area contributed by atoms with Crippen molar-refractivity contribution in [3.05, 3.63) is 0 Å². The van der Waals surface area contributed by atoms with Gasteiger partial charge in [0.2, 0.25) is 0 Å². The number of rotatable bonds is 1. The zero-order chi connectivity index (χ0) is 12.2. The van der Waals surface area contributed by atoms with Gasteiger partial charge in [0.05, 0.1) is 65.6 Å². The Labute approximate surface area is 116 Å². The average Bonchev–Trinajstić information content (AvgIpc) is 2.36. The first kappa shape index (κ1) is 15.6. The summed E-state index contributed by atoms with van der Waals surface area (Å²) in [6.07, 6.45) is 0.139. The van der Waals surface area contributed by atoms with E-state index in [1.165, 1.54) is 0 Å². The maximum Gasteiger partial charge on any atom is 0.0898 e. The molecule has 1 rings (SSSR count). The smallest absolute Gasteiger partial charge is 0.0898 e. The molecule has 1 aliphatic heterocycles. The number of alkyl halides is 1. The second-order valence-corrected chi connectivity index (χ2v) is 4.44.